The summed E-state index contributed by atoms with van der Waals surface area (Å²) >= 11 is 0. The molecule has 1 aliphatic rings. The normalized spacial score (nSPS) is 22.4. The molecule has 0 aromatic heterocycles. The minimum absolute atomic E-state index is 0.156. The smallest absolute Gasteiger partial charge is 0.306 e. The molecule has 0 bridgehead atoms. The van der Waals surface area contributed by atoms with Crippen LogP contribution in [-0.4, -0.2) is 96.0 Å². The third kappa shape index (κ3) is 21.9. The van der Waals surface area contributed by atoms with Crippen molar-refractivity contribution in [3.05, 3.63) is 12.2 Å². The highest BCUT2D eigenvalue weighted by Crippen LogP contribution is 2.24. The molecule has 4 N–H and O–H groups in total. The fraction of sp³-hybridized carbons (Fsp3) is 0.882. The van der Waals surface area contributed by atoms with Crippen molar-refractivity contribution in [1.82, 2.24) is 0 Å². The Morgan fingerprint density at radius 3 is 1.81 bits per heavy atom. The predicted octanol–water partition coefficient (Wildman–Crippen LogP) is 5.16. The van der Waals surface area contributed by atoms with Crippen LogP contribution < -0.4 is 0 Å². The van der Waals surface area contributed by atoms with Gasteiger partial charge in [0, 0.05) is 12.8 Å². The standard InChI is InChI=1S/C34H62O12S/c1-3-5-7-9-11-12-13-14-15-17-19-21-23-30(36)45-27(24-43-29(35)22-20-18-16-10-8-6-4-2)25-44-34-33(39)32(38)31(37)28(46-34)26-47(40,41)42/h11-12,27-28,31-34,37-39H,3-10,13-26H2,1-2H3,(H,40,41,42)/b12-11+/t27-,28-,31-,32?,33?,34+/m1/s1. The maximum absolute atomic E-state index is 12.6. The van der Waals surface area contributed by atoms with Crippen molar-refractivity contribution >= 4 is 22.1 Å². The van der Waals surface area contributed by atoms with E-state index in [9.17, 15) is 33.3 Å². The number of ether oxygens (including phenoxy) is 4. The van der Waals surface area contributed by atoms with E-state index in [1.807, 2.05) is 0 Å². The van der Waals surface area contributed by atoms with E-state index in [2.05, 4.69) is 26.0 Å². The number of rotatable bonds is 28. The molecule has 1 saturated heterocycles. The van der Waals surface area contributed by atoms with Crippen LogP contribution in [0.25, 0.3) is 0 Å². The van der Waals surface area contributed by atoms with Gasteiger partial charge in [0.15, 0.2) is 12.4 Å². The van der Waals surface area contributed by atoms with Crippen LogP contribution >= 0.6 is 0 Å². The lowest BCUT2D eigenvalue weighted by Crippen LogP contribution is -2.60. The van der Waals surface area contributed by atoms with Crippen LogP contribution in [0.1, 0.15) is 136 Å². The molecule has 2 unspecified atom stereocenters. The minimum Gasteiger partial charge on any atom is -0.462 e. The average Bonchev–Trinajstić information content (AvgIpc) is 3.02. The zero-order valence-electron chi connectivity index (χ0n) is 28.6. The number of hydrogen-bond acceptors (Lipinski definition) is 11. The van der Waals surface area contributed by atoms with Gasteiger partial charge >= 0.3 is 11.9 Å². The van der Waals surface area contributed by atoms with Crippen LogP contribution in [0.15, 0.2) is 12.2 Å². The van der Waals surface area contributed by atoms with Gasteiger partial charge in [0.2, 0.25) is 0 Å². The van der Waals surface area contributed by atoms with Gasteiger partial charge in [0.1, 0.15) is 36.8 Å². The van der Waals surface area contributed by atoms with Crippen LogP contribution in [0.5, 0.6) is 0 Å². The molecule has 0 aliphatic carbocycles. The highest BCUT2D eigenvalue weighted by molar-refractivity contribution is 7.85. The molecule has 13 heteroatoms. The van der Waals surface area contributed by atoms with E-state index in [0.717, 1.165) is 57.8 Å². The largest absolute Gasteiger partial charge is 0.462 e. The van der Waals surface area contributed by atoms with Crippen molar-refractivity contribution in [3.8, 4) is 0 Å². The fourth-order valence-electron chi connectivity index (χ4n) is 5.26. The Morgan fingerprint density at radius 1 is 0.702 bits per heavy atom. The van der Waals surface area contributed by atoms with E-state index >= 15 is 0 Å². The molecule has 0 amide bonds. The van der Waals surface area contributed by atoms with Crippen LogP contribution in [0.3, 0.4) is 0 Å². The summed E-state index contributed by atoms with van der Waals surface area (Å²) in [4.78, 5) is 25.0. The van der Waals surface area contributed by atoms with Crippen molar-refractivity contribution in [2.24, 2.45) is 0 Å². The third-order valence-corrected chi connectivity index (χ3v) is 8.85. The first-order valence-electron chi connectivity index (χ1n) is 17.7. The van der Waals surface area contributed by atoms with Gasteiger partial charge in [-0.25, -0.2) is 0 Å². The maximum Gasteiger partial charge on any atom is 0.306 e. The van der Waals surface area contributed by atoms with Crippen LogP contribution in [0.2, 0.25) is 0 Å². The Kier molecular flexibility index (Phi) is 24.3. The maximum atomic E-state index is 12.6. The molecular formula is C34H62O12S. The van der Waals surface area contributed by atoms with Crippen molar-refractivity contribution < 1.29 is 56.8 Å². The quantitative estimate of drug-likeness (QED) is 0.0365. The summed E-state index contributed by atoms with van der Waals surface area (Å²) in [6.45, 7) is 3.63. The van der Waals surface area contributed by atoms with Gasteiger partial charge in [-0.15, -0.1) is 0 Å². The molecule has 0 spiro atoms. The molecule has 0 saturated carbocycles. The number of carbonyl (C=O) groups excluding carboxylic acids is 2. The summed E-state index contributed by atoms with van der Waals surface area (Å²) in [5.41, 5.74) is 0. The Morgan fingerprint density at radius 2 is 1.21 bits per heavy atom. The van der Waals surface area contributed by atoms with Crippen LogP contribution in [0, 0.1) is 0 Å². The molecule has 12 nitrogen and oxygen atoms in total. The average molecular weight is 695 g/mol. The van der Waals surface area contributed by atoms with E-state index in [1.54, 1.807) is 0 Å². The second-order valence-electron chi connectivity index (χ2n) is 12.5. The molecule has 1 fully saturated rings. The second kappa shape index (κ2) is 26.3. The summed E-state index contributed by atoms with van der Waals surface area (Å²) in [7, 11) is -4.59. The number of aliphatic hydroxyl groups excluding tert-OH is 3. The first-order chi connectivity index (χ1) is 22.5. The Hall–Kier alpha value is -1.61. The van der Waals surface area contributed by atoms with Crippen molar-refractivity contribution in [2.75, 3.05) is 19.0 Å². The summed E-state index contributed by atoms with van der Waals surface area (Å²) < 4.78 is 53.5. The number of hydrogen-bond donors (Lipinski definition) is 4. The molecule has 1 aliphatic heterocycles. The van der Waals surface area contributed by atoms with Gasteiger partial charge in [-0.1, -0.05) is 96.6 Å². The SMILES string of the molecule is CCCCC/C=C/CCCCCCCC(=O)O[C@H](COC(=O)CCCCCCCCC)CO[C@H]1O[C@H](CS(=O)(=O)O)[C@@H](O)C(O)C1O. The van der Waals surface area contributed by atoms with Gasteiger partial charge in [-0.3, -0.25) is 14.1 Å². The lowest BCUT2D eigenvalue weighted by molar-refractivity contribution is -0.297. The zero-order chi connectivity index (χ0) is 34.9. The number of allylic oxidation sites excluding steroid dienone is 2. The molecular weight excluding hydrogens is 632 g/mol. The zero-order valence-corrected chi connectivity index (χ0v) is 29.5. The van der Waals surface area contributed by atoms with E-state index in [-0.39, 0.29) is 19.4 Å². The predicted molar refractivity (Wildman–Crippen MR) is 178 cm³/mol. The lowest BCUT2D eigenvalue weighted by Gasteiger charge is -2.40. The molecule has 1 heterocycles. The van der Waals surface area contributed by atoms with Gasteiger partial charge < -0.3 is 34.3 Å². The Bertz CT molecular complexity index is 957. The van der Waals surface area contributed by atoms with Crippen LogP contribution in [0.4, 0.5) is 0 Å². The number of aliphatic hydroxyl groups is 3. The monoisotopic (exact) mass is 694 g/mol. The topological polar surface area (TPSA) is 186 Å². The first-order valence-corrected chi connectivity index (χ1v) is 19.4. The summed E-state index contributed by atoms with van der Waals surface area (Å²) in [6, 6.07) is 0. The highest BCUT2D eigenvalue weighted by Gasteiger charge is 2.46. The van der Waals surface area contributed by atoms with E-state index in [4.69, 9.17) is 23.5 Å². The molecule has 47 heavy (non-hydrogen) atoms. The van der Waals surface area contributed by atoms with Gasteiger partial charge in [0.05, 0.1) is 6.61 Å². The number of carbonyl (C=O) groups is 2. The summed E-state index contributed by atoms with van der Waals surface area (Å²) in [6.07, 6.45) is 13.1. The molecule has 6 atom stereocenters. The Labute approximate surface area is 282 Å². The van der Waals surface area contributed by atoms with Crippen LogP contribution in [-0.2, 0) is 38.7 Å². The minimum atomic E-state index is -4.59. The van der Waals surface area contributed by atoms with Crippen molar-refractivity contribution in [1.29, 1.82) is 0 Å². The highest BCUT2D eigenvalue weighted by atomic mass is 32.2. The first kappa shape index (κ1) is 43.4. The van der Waals surface area contributed by atoms with E-state index < -0.39 is 71.2 Å². The van der Waals surface area contributed by atoms with Crippen molar-refractivity contribution in [3.63, 3.8) is 0 Å². The number of unbranched alkanes of at least 4 members (excludes halogenated alkanes) is 14. The molecule has 0 radical (unpaired) electrons. The van der Waals surface area contributed by atoms with Gasteiger partial charge in [-0.2, -0.15) is 8.42 Å². The molecule has 1 rings (SSSR count). The second-order valence-corrected chi connectivity index (χ2v) is 14.0. The molecule has 276 valence electrons. The van der Waals surface area contributed by atoms with Gasteiger partial charge in [0.25, 0.3) is 10.1 Å². The lowest BCUT2D eigenvalue weighted by atomic mass is 10.00. The van der Waals surface area contributed by atoms with Gasteiger partial charge in [-0.05, 0) is 38.5 Å². The Balaban J connectivity index is 2.57. The van der Waals surface area contributed by atoms with E-state index in [1.165, 1.54) is 38.5 Å². The molecule has 0 aromatic rings. The fourth-order valence-corrected chi connectivity index (χ4v) is 5.95. The van der Waals surface area contributed by atoms with Crippen molar-refractivity contribution in [2.45, 2.75) is 173 Å². The summed E-state index contributed by atoms with van der Waals surface area (Å²) in [5, 5.41) is 30.6. The third-order valence-electron chi connectivity index (χ3n) is 8.10. The molecule has 0 aromatic carbocycles. The number of esters is 2. The van der Waals surface area contributed by atoms with E-state index in [0.29, 0.717) is 12.8 Å². The summed E-state index contributed by atoms with van der Waals surface area (Å²) in [5.74, 6) is -2.00.